The first-order chi connectivity index (χ1) is 8.79. The molecule has 3 nitrogen and oxygen atoms in total. The normalized spacial score (nSPS) is 42.3. The quantitative estimate of drug-likeness (QED) is 0.818. The van der Waals surface area contributed by atoms with Crippen LogP contribution in [0.5, 0.6) is 0 Å². The number of nitrogens with one attached hydrogen (secondary N) is 1. The summed E-state index contributed by atoms with van der Waals surface area (Å²) < 4.78 is 0. The van der Waals surface area contributed by atoms with Crippen LogP contribution in [0.4, 0.5) is 0 Å². The third-order valence-electron chi connectivity index (χ3n) is 5.69. The zero-order valence-electron chi connectivity index (χ0n) is 12.1. The van der Waals surface area contributed by atoms with E-state index >= 15 is 0 Å². The van der Waals surface area contributed by atoms with E-state index in [0.29, 0.717) is 0 Å². The fourth-order valence-electron chi connectivity index (χ4n) is 4.51. The van der Waals surface area contributed by atoms with Crippen LogP contribution in [-0.2, 0) is 0 Å². The second kappa shape index (κ2) is 5.48. The van der Waals surface area contributed by atoms with Crippen LogP contribution in [0.1, 0.15) is 32.1 Å². The Morgan fingerprint density at radius 1 is 1.06 bits per heavy atom. The van der Waals surface area contributed by atoms with Crippen LogP contribution in [0, 0.1) is 11.8 Å². The van der Waals surface area contributed by atoms with Gasteiger partial charge in [0.15, 0.2) is 0 Å². The lowest BCUT2D eigenvalue weighted by Crippen LogP contribution is -2.58. The van der Waals surface area contributed by atoms with E-state index in [1.54, 1.807) is 0 Å². The number of hydrogen-bond donors (Lipinski definition) is 1. The predicted molar refractivity (Wildman–Crippen MR) is 75.8 cm³/mol. The van der Waals surface area contributed by atoms with Crippen LogP contribution < -0.4 is 5.32 Å². The van der Waals surface area contributed by atoms with E-state index in [-0.39, 0.29) is 0 Å². The average molecular weight is 251 g/mol. The van der Waals surface area contributed by atoms with Gasteiger partial charge in [-0.05, 0) is 77.7 Å². The van der Waals surface area contributed by atoms with Gasteiger partial charge in [0.05, 0.1) is 0 Å². The molecule has 18 heavy (non-hydrogen) atoms. The first-order valence-corrected chi connectivity index (χ1v) is 7.88. The van der Waals surface area contributed by atoms with Gasteiger partial charge in [0.2, 0.25) is 0 Å². The second-order valence-corrected chi connectivity index (χ2v) is 6.70. The molecule has 0 aromatic heterocycles. The standard InChI is InChI=1S/C15H29N3/c1-16-10-12-5-6-15(12)18-9-7-14-13(11-18)4-3-8-17(14)2/h12-16H,3-11H2,1-2H3. The molecule has 3 aliphatic rings. The Morgan fingerprint density at radius 2 is 1.94 bits per heavy atom. The molecule has 104 valence electrons. The molecule has 3 rings (SSSR count). The van der Waals surface area contributed by atoms with Crippen molar-refractivity contribution >= 4 is 0 Å². The van der Waals surface area contributed by atoms with Crippen molar-refractivity contribution in [2.45, 2.75) is 44.2 Å². The van der Waals surface area contributed by atoms with Crippen molar-refractivity contribution in [2.75, 3.05) is 40.3 Å². The van der Waals surface area contributed by atoms with Gasteiger partial charge >= 0.3 is 0 Å². The van der Waals surface area contributed by atoms with Crippen molar-refractivity contribution < 1.29 is 0 Å². The van der Waals surface area contributed by atoms with Crippen LogP contribution in [0.25, 0.3) is 0 Å². The zero-order chi connectivity index (χ0) is 12.5. The van der Waals surface area contributed by atoms with Gasteiger partial charge < -0.3 is 10.2 Å². The highest BCUT2D eigenvalue weighted by molar-refractivity contribution is 4.96. The molecule has 0 radical (unpaired) electrons. The van der Waals surface area contributed by atoms with Gasteiger partial charge in [-0.2, -0.15) is 0 Å². The molecule has 4 atom stereocenters. The van der Waals surface area contributed by atoms with Gasteiger partial charge in [-0.15, -0.1) is 0 Å². The maximum atomic E-state index is 3.37. The lowest BCUT2D eigenvalue weighted by atomic mass is 9.75. The Labute approximate surface area is 112 Å². The van der Waals surface area contributed by atoms with E-state index in [2.05, 4.69) is 29.2 Å². The van der Waals surface area contributed by atoms with Crippen molar-refractivity contribution in [1.29, 1.82) is 0 Å². The highest BCUT2D eigenvalue weighted by Crippen LogP contribution is 2.37. The first-order valence-electron chi connectivity index (χ1n) is 7.88. The summed E-state index contributed by atoms with van der Waals surface area (Å²) in [6.07, 6.45) is 7.17. The van der Waals surface area contributed by atoms with Gasteiger partial charge in [0.1, 0.15) is 0 Å². The third-order valence-corrected chi connectivity index (χ3v) is 5.69. The Balaban J connectivity index is 1.57. The molecule has 3 fully saturated rings. The van der Waals surface area contributed by atoms with Crippen molar-refractivity contribution in [3.05, 3.63) is 0 Å². The van der Waals surface area contributed by atoms with Crippen LogP contribution in [0.3, 0.4) is 0 Å². The monoisotopic (exact) mass is 251 g/mol. The lowest BCUT2D eigenvalue weighted by molar-refractivity contribution is -0.0196. The van der Waals surface area contributed by atoms with E-state index in [1.165, 1.54) is 58.3 Å². The third kappa shape index (κ3) is 2.33. The maximum absolute atomic E-state index is 3.37. The van der Waals surface area contributed by atoms with E-state index in [1.807, 2.05) is 0 Å². The van der Waals surface area contributed by atoms with Crippen molar-refractivity contribution in [2.24, 2.45) is 11.8 Å². The molecule has 4 unspecified atom stereocenters. The second-order valence-electron chi connectivity index (χ2n) is 6.70. The van der Waals surface area contributed by atoms with Crippen LogP contribution >= 0.6 is 0 Å². The summed E-state index contributed by atoms with van der Waals surface area (Å²) >= 11 is 0. The fraction of sp³-hybridized carbons (Fsp3) is 1.00. The van der Waals surface area contributed by atoms with E-state index < -0.39 is 0 Å². The molecule has 0 bridgehead atoms. The molecule has 2 saturated heterocycles. The lowest BCUT2D eigenvalue weighted by Gasteiger charge is -2.52. The zero-order valence-corrected chi connectivity index (χ0v) is 12.1. The highest BCUT2D eigenvalue weighted by atomic mass is 15.2. The van der Waals surface area contributed by atoms with Crippen LogP contribution in [0.15, 0.2) is 0 Å². The molecule has 1 saturated carbocycles. The topological polar surface area (TPSA) is 18.5 Å². The molecule has 0 aromatic carbocycles. The molecule has 1 aliphatic carbocycles. The summed E-state index contributed by atoms with van der Waals surface area (Å²) in [5, 5.41) is 3.37. The van der Waals surface area contributed by atoms with Gasteiger partial charge in [-0.25, -0.2) is 0 Å². The molecule has 1 N–H and O–H groups in total. The summed E-state index contributed by atoms with van der Waals surface area (Å²) in [7, 11) is 4.43. The number of fused-ring (bicyclic) bond motifs is 1. The number of nitrogens with zero attached hydrogens (tertiary/aromatic N) is 2. The van der Waals surface area contributed by atoms with Gasteiger partial charge in [0, 0.05) is 18.6 Å². The number of piperidine rings is 2. The SMILES string of the molecule is CNCC1CCC1N1CCC2C(CCCN2C)C1. The highest BCUT2D eigenvalue weighted by Gasteiger charge is 2.41. The Hall–Kier alpha value is -0.120. The molecular formula is C15H29N3. The van der Waals surface area contributed by atoms with Gasteiger partial charge in [-0.1, -0.05) is 0 Å². The summed E-state index contributed by atoms with van der Waals surface area (Å²) in [4.78, 5) is 5.45. The number of hydrogen-bond acceptors (Lipinski definition) is 3. The average Bonchev–Trinajstić information content (AvgIpc) is 2.35. The molecule has 0 amide bonds. The smallest absolute Gasteiger partial charge is 0.0145 e. The Morgan fingerprint density at radius 3 is 2.67 bits per heavy atom. The van der Waals surface area contributed by atoms with Crippen LogP contribution in [0.2, 0.25) is 0 Å². The fourth-order valence-corrected chi connectivity index (χ4v) is 4.51. The van der Waals surface area contributed by atoms with Crippen molar-refractivity contribution in [3.63, 3.8) is 0 Å². The maximum Gasteiger partial charge on any atom is 0.0145 e. The largest absolute Gasteiger partial charge is 0.319 e. The van der Waals surface area contributed by atoms with E-state index in [9.17, 15) is 0 Å². The summed E-state index contributed by atoms with van der Waals surface area (Å²) in [5.74, 6) is 1.88. The molecule has 3 heteroatoms. The van der Waals surface area contributed by atoms with Gasteiger partial charge in [0.25, 0.3) is 0 Å². The predicted octanol–water partition coefficient (Wildman–Crippen LogP) is 1.40. The number of likely N-dealkylation sites (tertiary alicyclic amines) is 2. The van der Waals surface area contributed by atoms with Gasteiger partial charge in [-0.3, -0.25) is 4.90 Å². The molecule has 0 spiro atoms. The molecular weight excluding hydrogens is 222 g/mol. The molecule has 2 heterocycles. The Bertz CT molecular complexity index is 281. The van der Waals surface area contributed by atoms with Crippen molar-refractivity contribution in [3.8, 4) is 0 Å². The van der Waals surface area contributed by atoms with E-state index in [0.717, 1.165) is 23.9 Å². The summed E-state index contributed by atoms with van der Waals surface area (Å²) in [6, 6.07) is 1.78. The molecule has 0 aromatic rings. The molecule has 2 aliphatic heterocycles. The minimum Gasteiger partial charge on any atom is -0.319 e. The van der Waals surface area contributed by atoms with Crippen molar-refractivity contribution in [1.82, 2.24) is 15.1 Å². The minimum absolute atomic E-state index is 0.887. The first kappa shape index (κ1) is 12.9. The summed E-state index contributed by atoms with van der Waals surface area (Å²) in [6.45, 7) is 5.26. The Kier molecular flexibility index (Phi) is 3.92. The summed E-state index contributed by atoms with van der Waals surface area (Å²) in [5.41, 5.74) is 0. The van der Waals surface area contributed by atoms with Crippen LogP contribution in [-0.4, -0.2) is 62.2 Å². The van der Waals surface area contributed by atoms with E-state index in [4.69, 9.17) is 0 Å². The number of rotatable bonds is 3. The minimum atomic E-state index is 0.887.